The molecule has 1 aliphatic rings. The fourth-order valence-corrected chi connectivity index (χ4v) is 3.56. The molecule has 1 amide bonds. The number of anilines is 1. The molecule has 0 radical (unpaired) electrons. The number of pyridine rings is 2. The van der Waals surface area contributed by atoms with Crippen LogP contribution in [-0.4, -0.2) is 61.3 Å². The summed E-state index contributed by atoms with van der Waals surface area (Å²) in [6.07, 6.45) is 4.25. The van der Waals surface area contributed by atoms with Crippen molar-refractivity contribution in [3.8, 4) is 11.9 Å². The highest BCUT2D eigenvalue weighted by atomic mass is 19.1. The van der Waals surface area contributed by atoms with Crippen molar-refractivity contribution in [1.82, 2.24) is 25.1 Å². The van der Waals surface area contributed by atoms with E-state index in [4.69, 9.17) is 5.26 Å². The highest BCUT2D eigenvalue weighted by Gasteiger charge is 2.37. The maximum atomic E-state index is 14.7. The number of aliphatic hydroxyl groups is 1. The molecule has 3 heterocycles. The van der Waals surface area contributed by atoms with Crippen molar-refractivity contribution in [2.45, 2.75) is 50.6 Å². The van der Waals surface area contributed by atoms with Gasteiger partial charge in [0.15, 0.2) is 11.5 Å². The quantitative estimate of drug-likeness (QED) is 0.463. The van der Waals surface area contributed by atoms with Crippen molar-refractivity contribution in [2.24, 2.45) is 0 Å². The number of nitrogens with one attached hydrogen (secondary N) is 2. The second-order valence-corrected chi connectivity index (χ2v) is 9.08. The van der Waals surface area contributed by atoms with Crippen molar-refractivity contribution in [3.63, 3.8) is 0 Å². The molecule has 1 fully saturated rings. The average molecular weight is 469 g/mol. The van der Waals surface area contributed by atoms with Gasteiger partial charge in [-0.2, -0.15) is 15.0 Å². The minimum absolute atomic E-state index is 0.00970. The zero-order valence-electron chi connectivity index (χ0n) is 18.8. The van der Waals surface area contributed by atoms with E-state index in [0.717, 1.165) is 6.42 Å². The first-order valence-corrected chi connectivity index (χ1v) is 10.9. The summed E-state index contributed by atoms with van der Waals surface area (Å²) in [6.45, 7) is 2.24. The molecule has 4 rings (SSSR count). The smallest absolute Gasteiger partial charge is 0.255 e. The highest BCUT2D eigenvalue weighted by Crippen LogP contribution is 2.36. The highest BCUT2D eigenvalue weighted by molar-refractivity contribution is 5.99. The van der Waals surface area contributed by atoms with E-state index in [-0.39, 0.29) is 12.1 Å². The van der Waals surface area contributed by atoms with E-state index < -0.39 is 29.9 Å². The molecule has 0 spiro atoms. The van der Waals surface area contributed by atoms with Gasteiger partial charge in [-0.1, -0.05) is 0 Å². The topological polar surface area (TPSA) is 129 Å². The molecule has 0 bridgehead atoms. The molecule has 0 aliphatic heterocycles. The first-order valence-electron chi connectivity index (χ1n) is 10.9. The lowest BCUT2D eigenvalue weighted by Crippen LogP contribution is -2.42. The summed E-state index contributed by atoms with van der Waals surface area (Å²) in [6, 6.07) is 5.21. The largest absolute Gasteiger partial charge is 0.387 e. The normalized spacial score (nSPS) is 15.9. The molecule has 0 saturated heterocycles. The van der Waals surface area contributed by atoms with Gasteiger partial charge in [-0.15, -0.1) is 0 Å². The first kappa shape index (κ1) is 23.5. The van der Waals surface area contributed by atoms with E-state index >= 15 is 0 Å². The third kappa shape index (κ3) is 4.82. The summed E-state index contributed by atoms with van der Waals surface area (Å²) in [7, 11) is 0. The number of aromatic nitrogens is 4. The van der Waals surface area contributed by atoms with Crippen LogP contribution in [0.5, 0.6) is 0 Å². The molecular weight excluding hydrogens is 444 g/mol. The van der Waals surface area contributed by atoms with Gasteiger partial charge >= 0.3 is 0 Å². The maximum absolute atomic E-state index is 14.7. The standard InChI is InChI=1S/C23H25F2N7O2/c1-22(2,34)18(24)12-29-21(33)16-11-27-19(7-17(16)30-13-23(25)4-3-5-23)32-20-15(10-31-32)6-14(8-26)9-28-20/h6-7,9-11,18,34H,3-5,12-13H2,1-2H3,(H,27,30)(H,29,33)/t18-/m1/s1. The average Bonchev–Trinajstić information content (AvgIpc) is 3.22. The monoisotopic (exact) mass is 469 g/mol. The Balaban J connectivity index is 1.64. The molecule has 1 saturated carbocycles. The number of fused-ring (bicyclic) bond motifs is 1. The predicted octanol–water partition coefficient (Wildman–Crippen LogP) is 2.83. The SMILES string of the molecule is CC(C)(O)[C@H](F)CNC(=O)c1cnc(-n2ncc3cc(C#N)cnc32)cc1NCC1(F)CCC1. The van der Waals surface area contributed by atoms with Gasteiger partial charge in [0.1, 0.15) is 17.9 Å². The fraction of sp³-hybridized carbons (Fsp3) is 0.435. The summed E-state index contributed by atoms with van der Waals surface area (Å²) in [5, 5.41) is 29.2. The van der Waals surface area contributed by atoms with Crippen LogP contribution in [0, 0.1) is 11.3 Å². The third-order valence-corrected chi connectivity index (χ3v) is 5.94. The van der Waals surface area contributed by atoms with E-state index in [1.165, 1.54) is 30.9 Å². The Bertz CT molecular complexity index is 1260. The fourth-order valence-electron chi connectivity index (χ4n) is 3.56. The molecule has 3 aromatic heterocycles. The lowest BCUT2D eigenvalue weighted by atomic mass is 9.82. The minimum Gasteiger partial charge on any atom is -0.387 e. The molecule has 9 nitrogen and oxygen atoms in total. The molecule has 0 aromatic carbocycles. The summed E-state index contributed by atoms with van der Waals surface area (Å²) in [4.78, 5) is 21.4. The lowest BCUT2D eigenvalue weighted by molar-refractivity contribution is -0.00178. The van der Waals surface area contributed by atoms with Crippen LogP contribution in [0.2, 0.25) is 0 Å². The Labute approximate surface area is 194 Å². The van der Waals surface area contributed by atoms with Crippen LogP contribution in [0.15, 0.2) is 30.7 Å². The number of nitrogens with zero attached hydrogens (tertiary/aromatic N) is 5. The Morgan fingerprint density at radius 1 is 1.32 bits per heavy atom. The van der Waals surface area contributed by atoms with Crippen LogP contribution >= 0.6 is 0 Å². The van der Waals surface area contributed by atoms with Gasteiger partial charge < -0.3 is 15.7 Å². The second kappa shape index (κ2) is 8.95. The molecular formula is C23H25F2N7O2. The zero-order chi connectivity index (χ0) is 24.5. The summed E-state index contributed by atoms with van der Waals surface area (Å²) >= 11 is 0. The molecule has 3 aromatic rings. The first-order chi connectivity index (χ1) is 16.1. The van der Waals surface area contributed by atoms with Crippen molar-refractivity contribution in [3.05, 3.63) is 41.9 Å². The summed E-state index contributed by atoms with van der Waals surface area (Å²) in [5.74, 6) is -0.287. The van der Waals surface area contributed by atoms with Crippen molar-refractivity contribution in [2.75, 3.05) is 18.4 Å². The molecule has 34 heavy (non-hydrogen) atoms. The van der Waals surface area contributed by atoms with E-state index in [9.17, 15) is 18.7 Å². The van der Waals surface area contributed by atoms with Crippen LogP contribution in [0.4, 0.5) is 14.5 Å². The third-order valence-electron chi connectivity index (χ3n) is 5.94. The molecule has 1 atom stereocenters. The number of halogens is 2. The van der Waals surface area contributed by atoms with Gasteiger partial charge in [0.25, 0.3) is 5.91 Å². The van der Waals surface area contributed by atoms with Crippen LogP contribution in [0.25, 0.3) is 16.9 Å². The van der Waals surface area contributed by atoms with Gasteiger partial charge in [0.05, 0.1) is 35.2 Å². The number of amides is 1. The van der Waals surface area contributed by atoms with Crippen LogP contribution in [0.1, 0.15) is 49.0 Å². The van der Waals surface area contributed by atoms with Crippen molar-refractivity contribution >= 4 is 22.6 Å². The predicted molar refractivity (Wildman–Crippen MR) is 121 cm³/mol. The van der Waals surface area contributed by atoms with Crippen LogP contribution in [0.3, 0.4) is 0 Å². The minimum atomic E-state index is -1.68. The van der Waals surface area contributed by atoms with Gasteiger partial charge in [-0.05, 0) is 39.2 Å². The Morgan fingerprint density at radius 2 is 2.09 bits per heavy atom. The number of hydrogen-bond acceptors (Lipinski definition) is 7. The number of carbonyl (C=O) groups excluding carboxylic acids is 1. The van der Waals surface area contributed by atoms with Gasteiger partial charge in [0.2, 0.25) is 0 Å². The Hall–Kier alpha value is -3.65. The number of carbonyl (C=O) groups is 1. The van der Waals surface area contributed by atoms with Gasteiger partial charge in [-0.3, -0.25) is 4.79 Å². The van der Waals surface area contributed by atoms with E-state index in [2.05, 4.69) is 25.7 Å². The van der Waals surface area contributed by atoms with Crippen LogP contribution < -0.4 is 10.6 Å². The number of hydrogen-bond donors (Lipinski definition) is 3. The van der Waals surface area contributed by atoms with Crippen molar-refractivity contribution in [1.29, 1.82) is 5.26 Å². The zero-order valence-corrected chi connectivity index (χ0v) is 18.8. The van der Waals surface area contributed by atoms with Crippen molar-refractivity contribution < 1.29 is 18.7 Å². The van der Waals surface area contributed by atoms with Crippen LogP contribution in [-0.2, 0) is 0 Å². The van der Waals surface area contributed by atoms with Gasteiger partial charge in [0, 0.05) is 30.4 Å². The summed E-state index contributed by atoms with van der Waals surface area (Å²) in [5.41, 5.74) is -1.70. The van der Waals surface area contributed by atoms with E-state index in [0.29, 0.717) is 40.9 Å². The van der Waals surface area contributed by atoms with Gasteiger partial charge in [-0.25, -0.2) is 18.7 Å². The lowest BCUT2D eigenvalue weighted by Gasteiger charge is -2.34. The maximum Gasteiger partial charge on any atom is 0.255 e. The molecule has 178 valence electrons. The van der Waals surface area contributed by atoms with E-state index in [1.807, 2.05) is 6.07 Å². The molecule has 11 heteroatoms. The second-order valence-electron chi connectivity index (χ2n) is 9.08. The molecule has 3 N–H and O–H groups in total. The Morgan fingerprint density at radius 3 is 2.74 bits per heavy atom. The Kier molecular flexibility index (Phi) is 6.18. The number of nitriles is 1. The summed E-state index contributed by atoms with van der Waals surface area (Å²) < 4.78 is 30.2. The van der Waals surface area contributed by atoms with E-state index in [1.54, 1.807) is 18.3 Å². The number of rotatable bonds is 8. The number of alkyl halides is 2. The molecule has 1 aliphatic carbocycles. The molecule has 0 unspecified atom stereocenters.